The third-order valence-electron chi connectivity index (χ3n) is 7.20. The van der Waals surface area contributed by atoms with Crippen LogP contribution in [0.2, 0.25) is 0 Å². The quantitative estimate of drug-likeness (QED) is 0.108. The molecule has 1 nitrogen and oxygen atoms in total. The molecule has 0 bridgehead atoms. The smallest absolute Gasteiger partial charge is 0.132 e. The van der Waals surface area contributed by atoms with Gasteiger partial charge in [0.05, 0.1) is 0 Å². The zero-order valence-corrected chi connectivity index (χ0v) is 22.7. The maximum absolute atomic E-state index is 11.2. The summed E-state index contributed by atoms with van der Waals surface area (Å²) in [5.74, 6) is 0.439. The van der Waals surface area contributed by atoms with Gasteiger partial charge in [-0.25, -0.2) is 0 Å². The Labute approximate surface area is 204 Å². The molecule has 0 aromatic carbocycles. The van der Waals surface area contributed by atoms with Crippen LogP contribution in [0, 0.1) is 0 Å². The van der Waals surface area contributed by atoms with Crippen LogP contribution in [-0.2, 0) is 4.79 Å². The Kier molecular flexibility index (Phi) is 28.4. The number of carbonyl (C=O) groups is 1. The minimum absolute atomic E-state index is 0.439. The summed E-state index contributed by atoms with van der Waals surface area (Å²) in [6.45, 7) is 4.28. The first-order chi connectivity index (χ1) is 15.8. The van der Waals surface area contributed by atoms with Gasteiger partial charge in [0.2, 0.25) is 0 Å². The molecule has 1 heteroatoms. The second kappa shape index (κ2) is 28.7. The van der Waals surface area contributed by atoms with Crippen LogP contribution < -0.4 is 0 Å². The molecule has 0 aliphatic heterocycles. The number of hydrogen-bond acceptors (Lipinski definition) is 1. The number of unbranched alkanes of at least 4 members (excludes halogenated alkanes) is 25. The van der Waals surface area contributed by atoms with Gasteiger partial charge in [-0.05, 0) is 6.42 Å². The highest BCUT2D eigenvalue weighted by molar-refractivity contribution is 5.77. The number of ketones is 1. The van der Waals surface area contributed by atoms with Crippen molar-refractivity contribution in [1.29, 1.82) is 0 Å². The van der Waals surface area contributed by atoms with E-state index in [1.54, 1.807) is 0 Å². The van der Waals surface area contributed by atoms with Gasteiger partial charge in [-0.3, -0.25) is 4.79 Å². The number of carbonyl (C=O) groups excluding carboxylic acids is 1. The van der Waals surface area contributed by atoms with Crippen molar-refractivity contribution in [3.05, 3.63) is 0 Å². The van der Waals surface area contributed by atoms with E-state index in [9.17, 15) is 4.79 Å². The molecule has 0 rings (SSSR count). The lowest BCUT2D eigenvalue weighted by Gasteiger charge is -2.04. The third kappa shape index (κ3) is 27.7. The Bertz CT molecular complexity index is 348. The van der Waals surface area contributed by atoms with Gasteiger partial charge in [-0.1, -0.05) is 174 Å². The molecular formula is C31H62O. The third-order valence-corrected chi connectivity index (χ3v) is 7.20. The fraction of sp³-hybridized carbons (Fsp3) is 0.968. The zero-order valence-electron chi connectivity index (χ0n) is 22.7. The van der Waals surface area contributed by atoms with Crippen LogP contribution >= 0.6 is 0 Å². The molecule has 0 fully saturated rings. The molecule has 0 radical (unpaired) electrons. The first-order valence-corrected chi connectivity index (χ1v) is 15.3. The van der Waals surface area contributed by atoms with Gasteiger partial charge in [0.1, 0.15) is 5.78 Å². The molecular weight excluding hydrogens is 388 g/mol. The SMILES string of the molecule is CCCCCCCCCCCCCCCCCCCCCCCCCCCCC(=O)CC. The summed E-state index contributed by atoms with van der Waals surface area (Å²) in [5, 5.41) is 0. The number of Topliss-reactive ketones (excluding diaryl/α,β-unsaturated/α-hetero) is 1. The lowest BCUT2D eigenvalue weighted by Crippen LogP contribution is -1.94. The highest BCUT2D eigenvalue weighted by Gasteiger charge is 1.98. The van der Waals surface area contributed by atoms with E-state index in [0.29, 0.717) is 5.78 Å². The predicted molar refractivity (Wildman–Crippen MR) is 146 cm³/mol. The molecule has 0 spiro atoms. The highest BCUT2D eigenvalue weighted by atomic mass is 16.1. The van der Waals surface area contributed by atoms with Crippen LogP contribution in [0.5, 0.6) is 0 Å². The lowest BCUT2D eigenvalue weighted by molar-refractivity contribution is -0.118. The van der Waals surface area contributed by atoms with Gasteiger partial charge >= 0.3 is 0 Å². The normalized spacial score (nSPS) is 11.3. The van der Waals surface area contributed by atoms with E-state index >= 15 is 0 Å². The molecule has 0 aliphatic rings. The van der Waals surface area contributed by atoms with Crippen molar-refractivity contribution in [2.75, 3.05) is 0 Å². The largest absolute Gasteiger partial charge is 0.300 e. The van der Waals surface area contributed by atoms with Crippen molar-refractivity contribution in [3.8, 4) is 0 Å². The molecule has 0 aliphatic carbocycles. The molecule has 32 heavy (non-hydrogen) atoms. The van der Waals surface area contributed by atoms with Crippen molar-refractivity contribution >= 4 is 5.78 Å². The summed E-state index contributed by atoms with van der Waals surface area (Å²) < 4.78 is 0. The summed E-state index contributed by atoms with van der Waals surface area (Å²) in [4.78, 5) is 11.2. The summed E-state index contributed by atoms with van der Waals surface area (Å²) in [7, 11) is 0. The minimum Gasteiger partial charge on any atom is -0.300 e. The Hall–Kier alpha value is -0.330. The number of hydrogen-bond donors (Lipinski definition) is 0. The van der Waals surface area contributed by atoms with E-state index in [1.807, 2.05) is 6.92 Å². The minimum atomic E-state index is 0.439. The fourth-order valence-electron chi connectivity index (χ4n) is 4.81. The molecule has 0 aromatic rings. The van der Waals surface area contributed by atoms with Gasteiger partial charge in [0.15, 0.2) is 0 Å². The zero-order chi connectivity index (χ0) is 23.4. The van der Waals surface area contributed by atoms with Gasteiger partial charge in [-0.15, -0.1) is 0 Å². The van der Waals surface area contributed by atoms with E-state index < -0.39 is 0 Å². The monoisotopic (exact) mass is 450 g/mol. The first-order valence-electron chi connectivity index (χ1n) is 15.3. The van der Waals surface area contributed by atoms with E-state index in [-0.39, 0.29) is 0 Å². The Morgan fingerprint density at radius 3 is 0.781 bits per heavy atom. The first kappa shape index (κ1) is 31.7. The Morgan fingerprint density at radius 1 is 0.344 bits per heavy atom. The lowest BCUT2D eigenvalue weighted by atomic mass is 10.0. The van der Waals surface area contributed by atoms with Crippen molar-refractivity contribution in [2.24, 2.45) is 0 Å². The molecule has 0 amide bonds. The van der Waals surface area contributed by atoms with Crippen LogP contribution in [0.15, 0.2) is 0 Å². The summed E-state index contributed by atoms with van der Waals surface area (Å²) in [6, 6.07) is 0. The number of rotatable bonds is 28. The maximum Gasteiger partial charge on any atom is 0.132 e. The van der Waals surface area contributed by atoms with Gasteiger partial charge < -0.3 is 0 Å². The topological polar surface area (TPSA) is 17.1 Å². The molecule has 0 atom stereocenters. The second-order valence-electron chi connectivity index (χ2n) is 10.5. The average Bonchev–Trinajstić information content (AvgIpc) is 2.81. The summed E-state index contributed by atoms with van der Waals surface area (Å²) >= 11 is 0. The summed E-state index contributed by atoms with van der Waals surface area (Å²) in [6.07, 6.45) is 38.7. The molecule has 0 saturated carbocycles. The van der Waals surface area contributed by atoms with Crippen LogP contribution in [0.3, 0.4) is 0 Å². The highest BCUT2D eigenvalue weighted by Crippen LogP contribution is 2.16. The molecule has 0 N–H and O–H groups in total. The average molecular weight is 451 g/mol. The van der Waals surface area contributed by atoms with Gasteiger partial charge in [0, 0.05) is 12.8 Å². The second-order valence-corrected chi connectivity index (χ2v) is 10.5. The molecule has 0 unspecified atom stereocenters. The van der Waals surface area contributed by atoms with Crippen molar-refractivity contribution in [1.82, 2.24) is 0 Å². The van der Waals surface area contributed by atoms with Crippen LogP contribution in [0.25, 0.3) is 0 Å². The predicted octanol–water partition coefficient (Wildman–Crippen LogP) is 11.5. The van der Waals surface area contributed by atoms with Crippen LogP contribution in [0.4, 0.5) is 0 Å². The van der Waals surface area contributed by atoms with E-state index in [2.05, 4.69) is 6.92 Å². The Balaban J connectivity index is 3.02. The molecule has 192 valence electrons. The summed E-state index contributed by atoms with van der Waals surface area (Å²) in [5.41, 5.74) is 0. The molecule has 0 saturated heterocycles. The van der Waals surface area contributed by atoms with Gasteiger partial charge in [0.25, 0.3) is 0 Å². The van der Waals surface area contributed by atoms with Crippen molar-refractivity contribution < 1.29 is 4.79 Å². The van der Waals surface area contributed by atoms with Crippen molar-refractivity contribution in [2.45, 2.75) is 194 Å². The van der Waals surface area contributed by atoms with E-state index in [4.69, 9.17) is 0 Å². The fourth-order valence-corrected chi connectivity index (χ4v) is 4.81. The van der Waals surface area contributed by atoms with Crippen LogP contribution in [-0.4, -0.2) is 5.78 Å². The standard InChI is InChI=1S/C31H62O/c1-3-5-6-7-8-9-10-11-12-13-14-15-16-17-18-19-20-21-22-23-24-25-26-27-28-29-30-31(32)4-2/h3-30H2,1-2H3. The molecule has 0 heterocycles. The van der Waals surface area contributed by atoms with Crippen molar-refractivity contribution in [3.63, 3.8) is 0 Å². The van der Waals surface area contributed by atoms with Crippen LogP contribution in [0.1, 0.15) is 194 Å². The molecule has 0 aromatic heterocycles. The van der Waals surface area contributed by atoms with Gasteiger partial charge in [-0.2, -0.15) is 0 Å². The van der Waals surface area contributed by atoms with E-state index in [0.717, 1.165) is 19.3 Å². The Morgan fingerprint density at radius 2 is 0.562 bits per heavy atom. The maximum atomic E-state index is 11.2. The van der Waals surface area contributed by atoms with E-state index in [1.165, 1.54) is 161 Å².